The van der Waals surface area contributed by atoms with E-state index in [4.69, 9.17) is 24.2 Å². The van der Waals surface area contributed by atoms with Gasteiger partial charge in [-0.1, -0.05) is 66.5 Å². The molecule has 61 heavy (non-hydrogen) atoms. The first-order valence-corrected chi connectivity index (χ1v) is 22.7. The Bertz CT molecular complexity index is 2360. The zero-order valence-corrected chi connectivity index (χ0v) is 36.3. The number of halogens is 1. The number of hydrogen-bond acceptors (Lipinski definition) is 10. The normalized spacial score (nSPS) is 24.2. The number of nitrogens with zero attached hydrogens (tertiary/aromatic N) is 3. The highest BCUT2D eigenvalue weighted by molar-refractivity contribution is 7.89. The maximum Gasteiger partial charge on any atom is 0.245 e. The summed E-state index contributed by atoms with van der Waals surface area (Å²) < 4.78 is 66.8. The molecule has 1 saturated carbocycles. The minimum atomic E-state index is -4.28. The summed E-state index contributed by atoms with van der Waals surface area (Å²) in [6.45, 7) is 9.90. The summed E-state index contributed by atoms with van der Waals surface area (Å²) in [4.78, 5) is 10.7. The largest absolute Gasteiger partial charge is 0.489 e. The molecular formula is C48H58FN3O8S. The van der Waals surface area contributed by atoms with Gasteiger partial charge in [0.05, 0.1) is 29.8 Å². The zero-order valence-electron chi connectivity index (χ0n) is 35.5. The molecule has 11 nitrogen and oxygen atoms in total. The average molecular weight is 856 g/mol. The molecule has 4 aromatic rings. The summed E-state index contributed by atoms with van der Waals surface area (Å²) in [6.07, 6.45) is 9.84. The molecule has 3 aliphatic rings. The van der Waals surface area contributed by atoms with Crippen molar-refractivity contribution in [3.05, 3.63) is 120 Å². The Morgan fingerprint density at radius 1 is 1.02 bits per heavy atom. The minimum Gasteiger partial charge on any atom is -0.489 e. The number of rotatable bonds is 18. The van der Waals surface area contributed by atoms with Crippen LogP contribution in [0.2, 0.25) is 0 Å². The van der Waals surface area contributed by atoms with E-state index in [0.717, 1.165) is 36.8 Å². The Kier molecular flexibility index (Phi) is 13.7. The predicted molar refractivity (Wildman–Crippen MR) is 233 cm³/mol. The van der Waals surface area contributed by atoms with Crippen LogP contribution in [0.3, 0.4) is 0 Å². The molecule has 326 valence electrons. The number of para-hydroxylation sites is 1. The van der Waals surface area contributed by atoms with Crippen molar-refractivity contribution in [2.75, 3.05) is 26.9 Å². The highest BCUT2D eigenvalue weighted by atomic mass is 32.2. The molecule has 0 bridgehead atoms. The number of aromatic nitrogens is 1. The van der Waals surface area contributed by atoms with Crippen LogP contribution in [-0.2, 0) is 26.2 Å². The van der Waals surface area contributed by atoms with E-state index < -0.39 is 33.4 Å². The number of benzene rings is 3. The van der Waals surface area contributed by atoms with Gasteiger partial charge in [0.15, 0.2) is 0 Å². The van der Waals surface area contributed by atoms with Gasteiger partial charge in [0.2, 0.25) is 15.8 Å². The molecular weight excluding hydrogens is 798 g/mol. The third kappa shape index (κ3) is 9.13. The van der Waals surface area contributed by atoms with E-state index in [1.165, 1.54) is 10.4 Å². The van der Waals surface area contributed by atoms with E-state index in [1.54, 1.807) is 61.8 Å². The summed E-state index contributed by atoms with van der Waals surface area (Å²) in [7, 11) is -2.72. The van der Waals surface area contributed by atoms with Crippen molar-refractivity contribution in [1.82, 2.24) is 9.29 Å². The quantitative estimate of drug-likeness (QED) is 0.0572. The molecule has 0 amide bonds. The number of aliphatic hydroxyl groups excluding tert-OH is 2. The fraction of sp³-hybridized carbons (Fsp3) is 0.458. The first kappa shape index (κ1) is 44.4. The van der Waals surface area contributed by atoms with Gasteiger partial charge in [0, 0.05) is 55.3 Å². The first-order chi connectivity index (χ1) is 29.3. The average Bonchev–Trinajstić information content (AvgIpc) is 3.25. The van der Waals surface area contributed by atoms with Gasteiger partial charge in [-0.3, -0.25) is 4.98 Å². The standard InChI is InChI=1S/C48H58FN3O8S/c1-6-27-58-48-43(52(5)61(55,56)42-21-13-17-32-18-14-24-50-46(32)42)30-40(51-60-47(2,3)4)37-28-33(15-9-11-25-53)36(19-10-12-26-54)44(45(37)48)38-29-35(22-23-41(38)59-48)57-31-34-16-7-8-20-39(34)49/h6-8,13-14,16-18,20-24,28-29,33,36,43-45,53-54H,1,9-12,15,19,25-27,30-31H2,2-5H3. The monoisotopic (exact) mass is 855 g/mol. The molecule has 3 aromatic carbocycles. The number of aliphatic hydroxyl groups is 2. The highest BCUT2D eigenvalue weighted by Crippen LogP contribution is 2.62. The molecule has 6 unspecified atom stereocenters. The van der Waals surface area contributed by atoms with Crippen LogP contribution in [0.15, 0.2) is 113 Å². The first-order valence-electron chi connectivity index (χ1n) is 21.3. The molecule has 1 aliphatic heterocycles. The topological polar surface area (TPSA) is 140 Å². The van der Waals surface area contributed by atoms with Crippen LogP contribution in [0.25, 0.3) is 10.9 Å². The van der Waals surface area contributed by atoms with Gasteiger partial charge < -0.3 is 29.3 Å². The van der Waals surface area contributed by atoms with Gasteiger partial charge >= 0.3 is 0 Å². The number of allylic oxidation sites excluding steroid dienone is 1. The van der Waals surface area contributed by atoms with Crippen molar-refractivity contribution in [3.63, 3.8) is 0 Å². The van der Waals surface area contributed by atoms with Crippen LogP contribution >= 0.6 is 0 Å². The van der Waals surface area contributed by atoms with Crippen molar-refractivity contribution in [2.24, 2.45) is 22.9 Å². The summed E-state index contributed by atoms with van der Waals surface area (Å²) in [5, 5.41) is 25.3. The lowest BCUT2D eigenvalue weighted by Gasteiger charge is -2.59. The second-order valence-corrected chi connectivity index (χ2v) is 19.2. The third-order valence-electron chi connectivity index (χ3n) is 12.1. The number of ether oxygens (including phenoxy) is 3. The smallest absolute Gasteiger partial charge is 0.245 e. The van der Waals surface area contributed by atoms with Crippen LogP contribution in [0.4, 0.5) is 4.39 Å². The van der Waals surface area contributed by atoms with Gasteiger partial charge in [0.1, 0.15) is 34.4 Å². The molecule has 13 heteroatoms. The van der Waals surface area contributed by atoms with E-state index in [-0.39, 0.29) is 61.3 Å². The number of unbranched alkanes of at least 4 members (excludes halogenated alkanes) is 2. The number of pyridine rings is 1. The Morgan fingerprint density at radius 2 is 1.77 bits per heavy atom. The summed E-state index contributed by atoms with van der Waals surface area (Å²) in [5.41, 5.74) is 2.39. The summed E-state index contributed by atoms with van der Waals surface area (Å²) in [6, 6.07) is 19.8. The van der Waals surface area contributed by atoms with Crippen LogP contribution in [-0.4, -0.2) is 77.9 Å². The van der Waals surface area contributed by atoms with E-state index in [1.807, 2.05) is 45.0 Å². The van der Waals surface area contributed by atoms with E-state index >= 15 is 8.42 Å². The number of hydrogen-bond donors (Lipinski definition) is 2. The third-order valence-corrected chi connectivity index (χ3v) is 14.0. The van der Waals surface area contributed by atoms with Crippen LogP contribution in [0.5, 0.6) is 11.5 Å². The number of oxime groups is 1. The molecule has 0 saturated heterocycles. The lowest BCUT2D eigenvalue weighted by molar-refractivity contribution is -0.250. The molecule has 7 rings (SSSR count). The number of sulfonamides is 1. The lowest BCUT2D eigenvalue weighted by atomic mass is 9.55. The predicted octanol–water partition coefficient (Wildman–Crippen LogP) is 8.71. The summed E-state index contributed by atoms with van der Waals surface area (Å²) in [5.74, 6) is -1.90. The van der Waals surface area contributed by atoms with Gasteiger partial charge in [-0.25, -0.2) is 12.8 Å². The van der Waals surface area contributed by atoms with Crippen LogP contribution in [0, 0.1) is 23.6 Å². The van der Waals surface area contributed by atoms with Crippen molar-refractivity contribution < 1.29 is 42.1 Å². The Hall–Kier alpha value is -4.66. The van der Waals surface area contributed by atoms with E-state index in [2.05, 4.69) is 17.6 Å². The molecule has 2 N–H and O–H groups in total. The molecule has 0 radical (unpaired) electrons. The molecule has 2 aliphatic carbocycles. The highest BCUT2D eigenvalue weighted by Gasteiger charge is 2.65. The molecule has 2 heterocycles. The van der Waals surface area contributed by atoms with E-state index in [9.17, 15) is 14.6 Å². The molecule has 6 atom stereocenters. The summed E-state index contributed by atoms with van der Waals surface area (Å²) >= 11 is 0. The van der Waals surface area contributed by atoms with Crippen molar-refractivity contribution in [2.45, 2.75) is 101 Å². The molecule has 0 spiro atoms. The Balaban J connectivity index is 1.45. The SMILES string of the molecule is C=CCOC12Oc3ccc(OCc4ccccc4F)cc3C3C(CCCCO)C(CCCCO)C=C(C(=NOC(C)(C)C)CC1N(C)S(=O)(=O)c1cccc4cccnc14)C32. The lowest BCUT2D eigenvalue weighted by Crippen LogP contribution is -2.69. The van der Waals surface area contributed by atoms with Crippen LogP contribution in [0.1, 0.15) is 82.8 Å². The maximum atomic E-state index is 15.1. The van der Waals surface area contributed by atoms with Crippen molar-refractivity contribution in [3.8, 4) is 11.5 Å². The number of likely N-dealkylation sites (N-methyl/N-ethyl adjacent to an activating group) is 1. The van der Waals surface area contributed by atoms with Gasteiger partial charge in [-0.05, 0) is 100 Å². The Labute approximate surface area is 358 Å². The van der Waals surface area contributed by atoms with Gasteiger partial charge in [0.25, 0.3) is 0 Å². The second kappa shape index (κ2) is 18.8. The van der Waals surface area contributed by atoms with Gasteiger partial charge in [-0.15, -0.1) is 6.58 Å². The Morgan fingerprint density at radius 3 is 2.51 bits per heavy atom. The molecule has 1 fully saturated rings. The fourth-order valence-corrected chi connectivity index (χ4v) is 10.9. The second-order valence-electron chi connectivity index (χ2n) is 17.2. The van der Waals surface area contributed by atoms with Crippen molar-refractivity contribution >= 4 is 26.6 Å². The number of fused-ring (bicyclic) bond motifs is 3. The fourth-order valence-electron chi connectivity index (χ4n) is 9.37. The maximum absolute atomic E-state index is 15.1. The van der Waals surface area contributed by atoms with E-state index in [0.29, 0.717) is 46.5 Å². The van der Waals surface area contributed by atoms with Crippen molar-refractivity contribution in [1.29, 1.82) is 0 Å². The molecule has 1 aromatic heterocycles. The van der Waals surface area contributed by atoms with Gasteiger partial charge in [-0.2, -0.15) is 4.31 Å². The van der Waals surface area contributed by atoms with Crippen LogP contribution < -0.4 is 9.47 Å². The minimum absolute atomic E-state index is 0.00661. The zero-order chi connectivity index (χ0) is 43.4.